The van der Waals surface area contributed by atoms with E-state index in [0.717, 1.165) is 83.4 Å². The first-order valence-corrected chi connectivity index (χ1v) is 11.5. The smallest absolute Gasteiger partial charge is 0.203 e. The summed E-state index contributed by atoms with van der Waals surface area (Å²) in [6.45, 7) is 10.1. The van der Waals surface area contributed by atoms with Gasteiger partial charge in [-0.25, -0.2) is 0 Å². The first kappa shape index (κ1) is 24.2. The van der Waals surface area contributed by atoms with Crippen molar-refractivity contribution in [2.24, 2.45) is 4.99 Å². The number of methoxy groups -OCH3 is 3. The predicted octanol–water partition coefficient (Wildman–Crippen LogP) is 2.53. The molecule has 0 amide bonds. The van der Waals surface area contributed by atoms with E-state index in [2.05, 4.69) is 28.1 Å². The Kier molecular flexibility index (Phi) is 9.49. The number of guanidine groups is 1. The van der Waals surface area contributed by atoms with Crippen molar-refractivity contribution in [3.63, 3.8) is 0 Å². The summed E-state index contributed by atoms with van der Waals surface area (Å²) in [5.74, 6) is 3.04. The minimum absolute atomic E-state index is 0.631. The molecule has 32 heavy (non-hydrogen) atoms. The van der Waals surface area contributed by atoms with Crippen molar-refractivity contribution in [1.29, 1.82) is 0 Å². The zero-order valence-electron chi connectivity index (χ0n) is 20.0. The van der Waals surface area contributed by atoms with Gasteiger partial charge in [-0.05, 0) is 37.5 Å². The van der Waals surface area contributed by atoms with Crippen molar-refractivity contribution < 1.29 is 18.9 Å². The highest BCUT2D eigenvalue weighted by Gasteiger charge is 2.21. The van der Waals surface area contributed by atoms with Crippen LogP contribution in [0.5, 0.6) is 17.2 Å². The van der Waals surface area contributed by atoms with E-state index in [-0.39, 0.29) is 0 Å². The minimum Gasteiger partial charge on any atom is -0.493 e. The van der Waals surface area contributed by atoms with Crippen LogP contribution < -0.4 is 19.5 Å². The summed E-state index contributed by atoms with van der Waals surface area (Å²) in [6, 6.07) is 4.06. The number of ether oxygens (including phenoxy) is 4. The summed E-state index contributed by atoms with van der Waals surface area (Å²) in [4.78, 5) is 9.71. The summed E-state index contributed by atoms with van der Waals surface area (Å²) in [5.41, 5.74) is 2.62. The van der Waals surface area contributed by atoms with Crippen molar-refractivity contribution in [3.05, 3.63) is 29.3 Å². The largest absolute Gasteiger partial charge is 0.493 e. The maximum atomic E-state index is 5.50. The van der Waals surface area contributed by atoms with Crippen molar-refractivity contribution in [2.45, 2.75) is 26.3 Å². The van der Waals surface area contributed by atoms with E-state index < -0.39 is 0 Å². The van der Waals surface area contributed by atoms with Crippen molar-refractivity contribution >= 4 is 5.96 Å². The Labute approximate surface area is 192 Å². The highest BCUT2D eigenvalue weighted by atomic mass is 16.5. The van der Waals surface area contributed by atoms with Gasteiger partial charge in [0.15, 0.2) is 17.5 Å². The van der Waals surface area contributed by atoms with E-state index in [0.29, 0.717) is 17.2 Å². The Morgan fingerprint density at radius 1 is 1.06 bits per heavy atom. The van der Waals surface area contributed by atoms with Crippen LogP contribution in [-0.2, 0) is 11.3 Å². The van der Waals surface area contributed by atoms with Gasteiger partial charge in [0.25, 0.3) is 0 Å². The molecule has 3 rings (SSSR count). The zero-order valence-corrected chi connectivity index (χ0v) is 20.0. The third-order valence-electron chi connectivity index (χ3n) is 5.89. The highest BCUT2D eigenvalue weighted by Crippen LogP contribution is 2.38. The third-order valence-corrected chi connectivity index (χ3v) is 5.89. The van der Waals surface area contributed by atoms with Crippen LogP contribution in [0.15, 0.2) is 28.8 Å². The first-order valence-electron chi connectivity index (χ1n) is 11.5. The van der Waals surface area contributed by atoms with Crippen molar-refractivity contribution in [2.75, 3.05) is 73.8 Å². The summed E-state index contributed by atoms with van der Waals surface area (Å²) in [7, 11) is 4.93. The molecule has 2 heterocycles. The fourth-order valence-electron chi connectivity index (χ4n) is 4.13. The SMILES string of the molecule is CCNC(=NCCC1=CCOCC1)N1CCN(Cc2cc(OC)c(OC)c(OC)c2)CC1. The van der Waals surface area contributed by atoms with E-state index in [9.17, 15) is 0 Å². The van der Waals surface area contributed by atoms with Gasteiger partial charge < -0.3 is 29.2 Å². The molecule has 8 heteroatoms. The average Bonchev–Trinajstić information content (AvgIpc) is 2.84. The maximum absolute atomic E-state index is 5.50. The lowest BCUT2D eigenvalue weighted by Crippen LogP contribution is -2.52. The standard InChI is InChI=1S/C24H38N4O4/c1-5-25-24(26-9-6-19-7-14-32-15-8-19)28-12-10-27(11-13-28)18-20-16-21(29-2)23(31-4)22(17-20)30-3/h7,16-17H,5-6,8-15,18H2,1-4H3,(H,25,26). The van der Waals surface area contributed by atoms with Crippen LogP contribution >= 0.6 is 0 Å². The lowest BCUT2D eigenvalue weighted by Gasteiger charge is -2.36. The van der Waals surface area contributed by atoms with Gasteiger partial charge in [-0.3, -0.25) is 9.89 Å². The number of piperazine rings is 1. The van der Waals surface area contributed by atoms with Gasteiger partial charge in [-0.15, -0.1) is 0 Å². The molecule has 1 fully saturated rings. The Morgan fingerprint density at radius 2 is 1.78 bits per heavy atom. The van der Waals surface area contributed by atoms with Crippen molar-refractivity contribution in [1.82, 2.24) is 15.1 Å². The van der Waals surface area contributed by atoms with E-state index in [4.69, 9.17) is 23.9 Å². The van der Waals surface area contributed by atoms with Gasteiger partial charge in [0.1, 0.15) is 0 Å². The van der Waals surface area contributed by atoms with Crippen LogP contribution in [0.25, 0.3) is 0 Å². The molecule has 0 aliphatic carbocycles. The van der Waals surface area contributed by atoms with Crippen LogP contribution in [0, 0.1) is 0 Å². The lowest BCUT2D eigenvalue weighted by atomic mass is 10.1. The van der Waals surface area contributed by atoms with Crippen LogP contribution in [0.4, 0.5) is 0 Å². The topological polar surface area (TPSA) is 67.8 Å². The van der Waals surface area contributed by atoms with Gasteiger partial charge in [0.05, 0.1) is 34.5 Å². The van der Waals surface area contributed by atoms with Crippen LogP contribution in [-0.4, -0.2) is 89.6 Å². The number of benzene rings is 1. The Hall–Kier alpha value is -2.45. The van der Waals surface area contributed by atoms with Crippen LogP contribution in [0.3, 0.4) is 0 Å². The van der Waals surface area contributed by atoms with Crippen LogP contribution in [0.2, 0.25) is 0 Å². The molecule has 1 N–H and O–H groups in total. The van der Waals surface area contributed by atoms with Crippen molar-refractivity contribution in [3.8, 4) is 17.2 Å². The second-order valence-electron chi connectivity index (χ2n) is 7.97. The second-order valence-corrected chi connectivity index (χ2v) is 7.97. The molecule has 1 aromatic rings. The molecule has 0 saturated carbocycles. The molecule has 0 radical (unpaired) electrons. The van der Waals surface area contributed by atoms with Gasteiger partial charge in [-0.2, -0.15) is 0 Å². The fourth-order valence-corrected chi connectivity index (χ4v) is 4.13. The van der Waals surface area contributed by atoms with E-state index >= 15 is 0 Å². The third kappa shape index (κ3) is 6.53. The molecular formula is C24H38N4O4. The monoisotopic (exact) mass is 446 g/mol. The maximum Gasteiger partial charge on any atom is 0.203 e. The van der Waals surface area contributed by atoms with Crippen LogP contribution in [0.1, 0.15) is 25.3 Å². The summed E-state index contributed by atoms with van der Waals surface area (Å²) < 4.78 is 21.8. The molecule has 1 aromatic carbocycles. The van der Waals surface area contributed by atoms with Gasteiger partial charge in [-0.1, -0.05) is 11.6 Å². The molecule has 0 aromatic heterocycles. The predicted molar refractivity (Wildman–Crippen MR) is 127 cm³/mol. The number of hydrogen-bond acceptors (Lipinski definition) is 6. The molecule has 0 unspecified atom stereocenters. The molecule has 0 bridgehead atoms. The molecule has 2 aliphatic heterocycles. The quantitative estimate of drug-likeness (QED) is 0.355. The second kappa shape index (κ2) is 12.6. The minimum atomic E-state index is 0.631. The van der Waals surface area contributed by atoms with Gasteiger partial charge in [0.2, 0.25) is 5.75 Å². The Balaban J connectivity index is 1.56. The molecule has 178 valence electrons. The Bertz CT molecular complexity index is 763. The number of nitrogens with zero attached hydrogens (tertiary/aromatic N) is 3. The van der Waals surface area contributed by atoms with E-state index in [1.54, 1.807) is 21.3 Å². The van der Waals surface area contributed by atoms with E-state index in [1.807, 2.05) is 12.1 Å². The molecule has 2 aliphatic rings. The molecular weight excluding hydrogens is 408 g/mol. The number of hydrogen-bond donors (Lipinski definition) is 1. The Morgan fingerprint density at radius 3 is 2.34 bits per heavy atom. The number of nitrogens with one attached hydrogen (secondary N) is 1. The molecule has 8 nitrogen and oxygen atoms in total. The summed E-state index contributed by atoms with van der Waals surface area (Å²) in [5, 5.41) is 3.46. The summed E-state index contributed by atoms with van der Waals surface area (Å²) >= 11 is 0. The normalized spacial score (nSPS) is 17.7. The zero-order chi connectivity index (χ0) is 22.8. The number of rotatable bonds is 9. The molecule has 0 atom stereocenters. The van der Waals surface area contributed by atoms with Gasteiger partial charge >= 0.3 is 0 Å². The number of aliphatic imine (C=N–C) groups is 1. The summed E-state index contributed by atoms with van der Waals surface area (Å²) in [6.07, 6.45) is 4.25. The molecule has 1 saturated heterocycles. The average molecular weight is 447 g/mol. The van der Waals surface area contributed by atoms with Gasteiger partial charge in [0, 0.05) is 45.8 Å². The fraction of sp³-hybridized carbons (Fsp3) is 0.625. The lowest BCUT2D eigenvalue weighted by molar-refractivity contribution is 0.153. The first-order chi connectivity index (χ1) is 15.7. The highest BCUT2D eigenvalue weighted by molar-refractivity contribution is 5.80. The molecule has 0 spiro atoms. The van der Waals surface area contributed by atoms with E-state index in [1.165, 1.54) is 5.57 Å².